The standard InChI is InChI=1S/C9H14N2OS/c10-9-11-7(6-13-9)5-8-3-1-2-4-12-8/h6,8H,1-5H2,(H2,10,11). The Labute approximate surface area is 81.9 Å². The molecule has 0 aliphatic carbocycles. The zero-order valence-corrected chi connectivity index (χ0v) is 8.35. The number of anilines is 1. The van der Waals surface area contributed by atoms with Crippen LogP contribution in [0.1, 0.15) is 25.0 Å². The number of ether oxygens (including phenoxy) is 1. The van der Waals surface area contributed by atoms with Crippen molar-refractivity contribution < 1.29 is 4.74 Å². The van der Waals surface area contributed by atoms with Gasteiger partial charge < -0.3 is 10.5 Å². The number of nitrogen functional groups attached to an aromatic ring is 1. The summed E-state index contributed by atoms with van der Waals surface area (Å²) in [5, 5.41) is 2.68. The Morgan fingerprint density at radius 2 is 2.54 bits per heavy atom. The Kier molecular flexibility index (Phi) is 2.80. The molecule has 4 heteroatoms. The van der Waals surface area contributed by atoms with Gasteiger partial charge in [-0.1, -0.05) is 0 Å². The fourth-order valence-corrected chi connectivity index (χ4v) is 2.19. The van der Waals surface area contributed by atoms with Crippen molar-refractivity contribution in [2.75, 3.05) is 12.3 Å². The van der Waals surface area contributed by atoms with E-state index in [1.165, 1.54) is 24.2 Å². The van der Waals surface area contributed by atoms with Gasteiger partial charge in [-0.25, -0.2) is 4.98 Å². The Morgan fingerprint density at radius 1 is 1.62 bits per heavy atom. The Balaban J connectivity index is 1.89. The van der Waals surface area contributed by atoms with Crippen molar-refractivity contribution in [2.24, 2.45) is 0 Å². The first-order valence-corrected chi connectivity index (χ1v) is 5.54. The maximum Gasteiger partial charge on any atom is 0.180 e. The van der Waals surface area contributed by atoms with E-state index in [2.05, 4.69) is 4.98 Å². The topological polar surface area (TPSA) is 48.1 Å². The number of rotatable bonds is 2. The molecule has 0 saturated carbocycles. The molecule has 2 N–H and O–H groups in total. The van der Waals surface area contributed by atoms with Gasteiger partial charge in [0.25, 0.3) is 0 Å². The van der Waals surface area contributed by atoms with Gasteiger partial charge in [-0.2, -0.15) is 0 Å². The molecule has 1 fully saturated rings. The van der Waals surface area contributed by atoms with Crippen molar-refractivity contribution in [2.45, 2.75) is 31.8 Å². The van der Waals surface area contributed by atoms with Crippen molar-refractivity contribution in [3.05, 3.63) is 11.1 Å². The van der Waals surface area contributed by atoms with Gasteiger partial charge in [0.1, 0.15) is 0 Å². The van der Waals surface area contributed by atoms with Crippen LogP contribution < -0.4 is 5.73 Å². The molecule has 0 amide bonds. The van der Waals surface area contributed by atoms with E-state index in [4.69, 9.17) is 10.5 Å². The van der Waals surface area contributed by atoms with Crippen LogP contribution in [0.15, 0.2) is 5.38 Å². The summed E-state index contributed by atoms with van der Waals surface area (Å²) in [4.78, 5) is 4.22. The molecule has 72 valence electrons. The molecular formula is C9H14N2OS. The third-order valence-electron chi connectivity index (χ3n) is 2.28. The van der Waals surface area contributed by atoms with E-state index in [1.54, 1.807) is 0 Å². The lowest BCUT2D eigenvalue weighted by Gasteiger charge is -2.21. The van der Waals surface area contributed by atoms with Crippen LogP contribution in [0.25, 0.3) is 0 Å². The minimum atomic E-state index is 0.371. The van der Waals surface area contributed by atoms with Crippen molar-refractivity contribution in [3.8, 4) is 0 Å². The first kappa shape index (κ1) is 8.97. The lowest BCUT2D eigenvalue weighted by atomic mass is 10.1. The number of nitrogens with zero attached hydrogens (tertiary/aromatic N) is 1. The summed E-state index contributed by atoms with van der Waals surface area (Å²) in [5.41, 5.74) is 6.63. The van der Waals surface area contributed by atoms with Crippen LogP contribution in [-0.4, -0.2) is 17.7 Å². The molecule has 0 spiro atoms. The zero-order valence-electron chi connectivity index (χ0n) is 7.53. The molecule has 0 radical (unpaired) electrons. The van der Waals surface area contributed by atoms with Gasteiger partial charge in [0.15, 0.2) is 5.13 Å². The molecule has 3 nitrogen and oxygen atoms in total. The smallest absolute Gasteiger partial charge is 0.180 e. The molecule has 1 unspecified atom stereocenters. The van der Waals surface area contributed by atoms with Crippen LogP contribution >= 0.6 is 11.3 Å². The van der Waals surface area contributed by atoms with Crippen LogP contribution in [0.5, 0.6) is 0 Å². The molecule has 2 heterocycles. The fourth-order valence-electron chi connectivity index (χ4n) is 1.62. The van der Waals surface area contributed by atoms with E-state index in [9.17, 15) is 0 Å². The van der Waals surface area contributed by atoms with Gasteiger partial charge in [-0.15, -0.1) is 11.3 Å². The minimum absolute atomic E-state index is 0.371. The van der Waals surface area contributed by atoms with Crippen LogP contribution in [-0.2, 0) is 11.2 Å². The summed E-state index contributed by atoms with van der Waals surface area (Å²) >= 11 is 1.50. The van der Waals surface area contributed by atoms with Gasteiger partial charge >= 0.3 is 0 Å². The molecule has 2 rings (SSSR count). The largest absolute Gasteiger partial charge is 0.378 e. The number of hydrogen-bond acceptors (Lipinski definition) is 4. The Morgan fingerprint density at radius 3 is 3.15 bits per heavy atom. The van der Waals surface area contributed by atoms with E-state index in [-0.39, 0.29) is 0 Å². The van der Waals surface area contributed by atoms with Crippen molar-refractivity contribution in [1.29, 1.82) is 0 Å². The molecule has 13 heavy (non-hydrogen) atoms. The van der Waals surface area contributed by atoms with E-state index < -0.39 is 0 Å². The minimum Gasteiger partial charge on any atom is -0.378 e. The maximum atomic E-state index is 5.61. The first-order valence-electron chi connectivity index (χ1n) is 4.66. The maximum absolute atomic E-state index is 5.61. The van der Waals surface area contributed by atoms with Crippen LogP contribution in [0.4, 0.5) is 5.13 Å². The van der Waals surface area contributed by atoms with Gasteiger partial charge in [-0.3, -0.25) is 0 Å². The van der Waals surface area contributed by atoms with E-state index in [1.807, 2.05) is 5.38 Å². The zero-order chi connectivity index (χ0) is 9.10. The fraction of sp³-hybridized carbons (Fsp3) is 0.667. The second-order valence-electron chi connectivity index (χ2n) is 3.37. The number of nitrogens with two attached hydrogens (primary N) is 1. The molecule has 1 atom stereocenters. The summed E-state index contributed by atoms with van der Waals surface area (Å²) < 4.78 is 5.61. The van der Waals surface area contributed by atoms with E-state index in [0.717, 1.165) is 25.1 Å². The lowest BCUT2D eigenvalue weighted by molar-refractivity contribution is 0.0163. The highest BCUT2D eigenvalue weighted by molar-refractivity contribution is 7.13. The van der Waals surface area contributed by atoms with Gasteiger partial charge in [0.2, 0.25) is 0 Å². The van der Waals surface area contributed by atoms with Gasteiger partial charge in [0, 0.05) is 18.4 Å². The summed E-state index contributed by atoms with van der Waals surface area (Å²) in [7, 11) is 0. The van der Waals surface area contributed by atoms with Crippen LogP contribution in [0.2, 0.25) is 0 Å². The SMILES string of the molecule is Nc1nc(CC2CCCCO2)cs1. The highest BCUT2D eigenvalue weighted by atomic mass is 32.1. The summed E-state index contributed by atoms with van der Waals surface area (Å²) in [6, 6.07) is 0. The Hall–Kier alpha value is -0.610. The number of thiazole rings is 1. The highest BCUT2D eigenvalue weighted by Gasteiger charge is 2.15. The molecular weight excluding hydrogens is 184 g/mol. The molecule has 1 aliphatic rings. The average molecular weight is 198 g/mol. The van der Waals surface area contributed by atoms with Crippen molar-refractivity contribution in [1.82, 2.24) is 4.98 Å². The average Bonchev–Trinajstić information content (AvgIpc) is 2.53. The second kappa shape index (κ2) is 4.07. The van der Waals surface area contributed by atoms with E-state index >= 15 is 0 Å². The lowest BCUT2D eigenvalue weighted by Crippen LogP contribution is -2.21. The van der Waals surface area contributed by atoms with E-state index in [0.29, 0.717) is 11.2 Å². The van der Waals surface area contributed by atoms with Crippen LogP contribution in [0.3, 0.4) is 0 Å². The Bertz CT molecular complexity index is 268. The molecule has 1 aromatic heterocycles. The first-order chi connectivity index (χ1) is 6.34. The molecule has 0 aromatic carbocycles. The highest BCUT2D eigenvalue weighted by Crippen LogP contribution is 2.19. The molecule has 1 aliphatic heterocycles. The second-order valence-corrected chi connectivity index (χ2v) is 4.26. The summed E-state index contributed by atoms with van der Waals surface area (Å²) in [6.07, 6.45) is 4.95. The van der Waals surface area contributed by atoms with Crippen molar-refractivity contribution >= 4 is 16.5 Å². The van der Waals surface area contributed by atoms with Crippen LogP contribution in [0, 0.1) is 0 Å². The monoisotopic (exact) mass is 198 g/mol. The quantitative estimate of drug-likeness (QED) is 0.788. The molecule has 1 aromatic rings. The summed E-state index contributed by atoms with van der Waals surface area (Å²) in [6.45, 7) is 0.907. The normalized spacial score (nSPS) is 23.2. The number of aromatic nitrogens is 1. The predicted octanol–water partition coefficient (Wildman–Crippen LogP) is 1.84. The summed E-state index contributed by atoms with van der Waals surface area (Å²) in [5.74, 6) is 0. The molecule has 1 saturated heterocycles. The molecule has 0 bridgehead atoms. The van der Waals surface area contributed by atoms with Gasteiger partial charge in [0.05, 0.1) is 11.8 Å². The number of hydrogen-bond donors (Lipinski definition) is 1. The third kappa shape index (κ3) is 2.42. The van der Waals surface area contributed by atoms with Crippen molar-refractivity contribution in [3.63, 3.8) is 0 Å². The van der Waals surface area contributed by atoms with Gasteiger partial charge in [-0.05, 0) is 19.3 Å². The predicted molar refractivity (Wildman–Crippen MR) is 53.8 cm³/mol. The third-order valence-corrected chi connectivity index (χ3v) is 3.00.